The lowest BCUT2D eigenvalue weighted by Gasteiger charge is -2.26. The molecule has 3 aliphatic carbocycles. The number of aliphatic hydroxyl groups excluding tert-OH is 3. The molecule has 484 valence electrons. The van der Waals surface area contributed by atoms with Crippen LogP contribution in [0.3, 0.4) is 0 Å². The van der Waals surface area contributed by atoms with Gasteiger partial charge in [0.1, 0.15) is 34.4 Å². The second kappa shape index (κ2) is 28.3. The first-order valence-electron chi connectivity index (χ1n) is 33.2. The zero-order valence-electron chi connectivity index (χ0n) is 53.4. The van der Waals surface area contributed by atoms with Crippen molar-refractivity contribution in [1.82, 2.24) is 73.0 Å². The molecule has 0 spiro atoms. The lowest BCUT2D eigenvalue weighted by molar-refractivity contribution is 0.0360. The summed E-state index contributed by atoms with van der Waals surface area (Å²) in [6, 6.07) is 27.6. The molecular formula is C72H82N18O4. The number of aryl methyl sites for hydroxylation is 2. The molecule has 0 bridgehead atoms. The molecule has 22 nitrogen and oxygen atoms in total. The number of fused-ring (bicyclic) bond motifs is 3. The first-order chi connectivity index (χ1) is 46.2. The summed E-state index contributed by atoms with van der Waals surface area (Å²) in [5, 5.41) is 52.6. The summed E-state index contributed by atoms with van der Waals surface area (Å²) >= 11 is 0. The maximum atomic E-state index is 10.1. The van der Waals surface area contributed by atoms with Crippen LogP contribution in [0.4, 0.5) is 17.5 Å². The van der Waals surface area contributed by atoms with E-state index in [1.165, 1.54) is 77.0 Å². The summed E-state index contributed by atoms with van der Waals surface area (Å²) in [7, 11) is 0. The summed E-state index contributed by atoms with van der Waals surface area (Å²) in [5.74, 6) is 2.73. The van der Waals surface area contributed by atoms with E-state index in [2.05, 4.69) is 66.7 Å². The van der Waals surface area contributed by atoms with Gasteiger partial charge in [-0.3, -0.25) is 27.9 Å². The number of anilines is 3. The van der Waals surface area contributed by atoms with Gasteiger partial charge < -0.3 is 41.0 Å². The van der Waals surface area contributed by atoms with Gasteiger partial charge in [-0.15, -0.1) is 0 Å². The molecule has 16 rings (SSSR count). The predicted molar refractivity (Wildman–Crippen MR) is 366 cm³/mol. The van der Waals surface area contributed by atoms with Crippen LogP contribution in [0, 0.1) is 13.8 Å². The van der Waals surface area contributed by atoms with Crippen molar-refractivity contribution >= 4 is 34.4 Å². The zero-order chi connectivity index (χ0) is 63.9. The van der Waals surface area contributed by atoms with Crippen LogP contribution in [0.5, 0.6) is 0 Å². The van der Waals surface area contributed by atoms with Gasteiger partial charge in [0, 0.05) is 114 Å². The van der Waals surface area contributed by atoms with E-state index in [0.29, 0.717) is 18.1 Å². The van der Waals surface area contributed by atoms with Gasteiger partial charge >= 0.3 is 0 Å². The Balaban J connectivity index is 0.000000123. The number of aromatic amines is 2. The van der Waals surface area contributed by atoms with Crippen LogP contribution in [0.15, 0.2) is 141 Å². The lowest BCUT2D eigenvalue weighted by atomic mass is 10.0. The summed E-state index contributed by atoms with van der Waals surface area (Å²) < 4.78 is 13.6. The quantitative estimate of drug-likeness (QED) is 0.0397. The molecule has 4 aliphatic rings. The molecule has 0 unspecified atom stereocenters. The molecule has 13 heterocycles. The highest BCUT2D eigenvalue weighted by atomic mass is 16.5. The van der Waals surface area contributed by atoms with Gasteiger partial charge in [-0.1, -0.05) is 56.7 Å². The molecule has 12 aromatic heterocycles. The van der Waals surface area contributed by atoms with Gasteiger partial charge in [0.25, 0.3) is 0 Å². The first kappa shape index (κ1) is 61.9. The molecule has 1 aliphatic heterocycles. The normalized spacial score (nSPS) is 15.7. The topological polar surface area (TPSA) is 262 Å². The fourth-order valence-corrected chi connectivity index (χ4v) is 13.8. The van der Waals surface area contributed by atoms with Crippen molar-refractivity contribution in [2.45, 2.75) is 135 Å². The van der Waals surface area contributed by atoms with E-state index >= 15 is 0 Å². The zero-order valence-corrected chi connectivity index (χ0v) is 53.4. The average Bonchev–Trinajstić information content (AvgIpc) is 1.58. The molecule has 22 heteroatoms. The van der Waals surface area contributed by atoms with Crippen LogP contribution in [-0.2, 0) is 31.1 Å². The Morgan fingerprint density at radius 2 is 0.968 bits per heavy atom. The van der Waals surface area contributed by atoms with Crippen LogP contribution in [0.1, 0.15) is 105 Å². The van der Waals surface area contributed by atoms with Crippen molar-refractivity contribution in [2.75, 3.05) is 48.8 Å². The number of ether oxygens (including phenoxy) is 1. The van der Waals surface area contributed by atoms with Gasteiger partial charge in [-0.05, 0) is 130 Å². The molecule has 0 radical (unpaired) electrons. The molecule has 3 saturated carbocycles. The maximum absolute atomic E-state index is 10.1. The summed E-state index contributed by atoms with van der Waals surface area (Å²) in [6.45, 7) is 9.10. The van der Waals surface area contributed by atoms with Crippen molar-refractivity contribution in [3.8, 4) is 67.5 Å². The SMILES string of the molecule is Cc1n[nH]c(C)c1-c1cn2c(-c3cccc(NC4CCCC4)n3)cnc2cc1CO.OCc1cc2ncc(-c3cccc(NC4CCCC4)n3)n2cc1-c1cc[nH]c1.OCc1cc2ncc(-c3cccc(NC4CCCC4)n3)n2cc1-c1cnn(CCN2CCOCC2)c1. The number of nitrogens with one attached hydrogen (secondary N) is 5. The second-order valence-corrected chi connectivity index (χ2v) is 25.2. The summed E-state index contributed by atoms with van der Waals surface area (Å²) in [6.07, 6.45) is 34.4. The Morgan fingerprint density at radius 1 is 0.521 bits per heavy atom. The highest BCUT2D eigenvalue weighted by Gasteiger charge is 2.23. The highest BCUT2D eigenvalue weighted by Crippen LogP contribution is 2.35. The maximum Gasteiger partial charge on any atom is 0.137 e. The lowest BCUT2D eigenvalue weighted by Crippen LogP contribution is -2.38. The van der Waals surface area contributed by atoms with E-state index in [9.17, 15) is 15.3 Å². The summed E-state index contributed by atoms with van der Waals surface area (Å²) in [5.41, 5.74) is 18.1. The van der Waals surface area contributed by atoms with Crippen LogP contribution in [0.2, 0.25) is 0 Å². The van der Waals surface area contributed by atoms with Crippen LogP contribution < -0.4 is 16.0 Å². The first-order valence-corrected chi connectivity index (χ1v) is 33.2. The number of H-pyrrole nitrogens is 2. The second-order valence-electron chi connectivity index (χ2n) is 25.2. The third-order valence-corrected chi connectivity index (χ3v) is 18.9. The number of aliphatic hydroxyl groups is 3. The molecular weight excluding hydrogens is 1180 g/mol. The Bertz CT molecular complexity index is 4500. The van der Waals surface area contributed by atoms with Crippen molar-refractivity contribution in [1.29, 1.82) is 0 Å². The van der Waals surface area contributed by atoms with Crippen molar-refractivity contribution in [3.63, 3.8) is 0 Å². The molecule has 8 N–H and O–H groups in total. The predicted octanol–water partition coefficient (Wildman–Crippen LogP) is 11.9. The number of imidazole rings is 3. The Labute approximate surface area is 545 Å². The monoisotopic (exact) mass is 1260 g/mol. The summed E-state index contributed by atoms with van der Waals surface area (Å²) in [4.78, 5) is 33.8. The van der Waals surface area contributed by atoms with Gasteiger partial charge in [0.05, 0.1) is 104 Å². The van der Waals surface area contributed by atoms with Gasteiger partial charge in [0.15, 0.2) is 0 Å². The smallest absolute Gasteiger partial charge is 0.137 e. The van der Waals surface area contributed by atoms with Crippen molar-refractivity contribution in [3.05, 3.63) is 169 Å². The van der Waals surface area contributed by atoms with Crippen LogP contribution >= 0.6 is 0 Å². The number of aromatic nitrogens is 14. The number of hydrogen-bond donors (Lipinski definition) is 8. The minimum Gasteiger partial charge on any atom is -0.392 e. The van der Waals surface area contributed by atoms with E-state index in [1.54, 1.807) is 0 Å². The average molecular weight is 1260 g/mol. The third-order valence-electron chi connectivity index (χ3n) is 18.9. The van der Waals surface area contributed by atoms with E-state index in [-0.39, 0.29) is 19.8 Å². The van der Waals surface area contributed by atoms with Gasteiger partial charge in [-0.25, -0.2) is 29.9 Å². The van der Waals surface area contributed by atoms with Crippen LogP contribution in [0.25, 0.3) is 84.5 Å². The number of pyridine rings is 6. The molecule has 4 fully saturated rings. The molecule has 0 atom stereocenters. The minimum atomic E-state index is -0.0635. The van der Waals surface area contributed by atoms with Crippen molar-refractivity contribution < 1.29 is 20.1 Å². The van der Waals surface area contributed by atoms with Crippen LogP contribution in [-0.4, -0.2) is 139 Å². The van der Waals surface area contributed by atoms with Crippen molar-refractivity contribution in [2.24, 2.45) is 0 Å². The third kappa shape index (κ3) is 13.6. The van der Waals surface area contributed by atoms with Gasteiger partial charge in [0.2, 0.25) is 0 Å². The molecule has 0 aromatic carbocycles. The largest absolute Gasteiger partial charge is 0.392 e. The number of hydrogen-bond acceptors (Lipinski definition) is 16. The fraction of sp³-hybridized carbons (Fsp3) is 0.361. The Kier molecular flexibility index (Phi) is 18.7. The number of nitrogens with zero attached hydrogens (tertiary/aromatic N) is 13. The minimum absolute atomic E-state index is 0.0295. The number of rotatable bonds is 18. The Hall–Kier alpha value is -9.58. The molecule has 12 aromatic rings. The van der Waals surface area contributed by atoms with E-state index < -0.39 is 0 Å². The number of morpholine rings is 1. The van der Waals surface area contributed by atoms with E-state index in [0.717, 1.165) is 169 Å². The standard InChI is InChI=1S/C27H33N7O2.C23H26N6O.C22H23N5O/c35-19-20-14-27-28-16-25(24-6-3-7-26(31-24)30-22-4-1-2-5-22)34(27)18-23(20)21-15-29-33(17-21)9-8-32-10-12-36-13-11-32;1-14-23(15(2)28-27-14)18-12-29-20(11-24-22(29)10-16(18)13-30)19-8-5-9-21(26-19)25-17-6-3-4-7-17;28-14-16-10-22-24-12-20(27(22)13-18(16)15-8-9-23-11-15)19-6-3-7-21(26-19)25-17-4-1-2-5-17/h3,6-7,14-18,22,35H,1-2,4-5,8-13,19H2,(H,30,31);5,8-12,17,30H,3-4,6-7,13H2,1-2H3,(H,25,26)(H,27,28);3,6-13,17,23,28H,1-2,4-5,14H2,(H,25,26). The van der Waals surface area contributed by atoms with E-state index in [4.69, 9.17) is 19.7 Å². The Morgan fingerprint density at radius 3 is 1.39 bits per heavy atom. The molecule has 1 saturated heterocycles. The highest BCUT2D eigenvalue weighted by molar-refractivity contribution is 5.76. The molecule has 94 heavy (non-hydrogen) atoms. The van der Waals surface area contributed by atoms with Gasteiger partial charge in [-0.2, -0.15) is 10.2 Å². The fourth-order valence-electron chi connectivity index (χ4n) is 13.8. The van der Waals surface area contributed by atoms with E-state index in [1.807, 2.05) is 162 Å². The molecule has 0 amide bonds.